The van der Waals surface area contributed by atoms with Gasteiger partial charge in [0.05, 0.1) is 6.54 Å². The third-order valence-corrected chi connectivity index (χ3v) is 5.18. The first kappa shape index (κ1) is 20.2. The lowest BCUT2D eigenvalue weighted by atomic mass is 10.2. The average Bonchev–Trinajstić information content (AvgIpc) is 3.01. The first-order valence-electron chi connectivity index (χ1n) is 9.58. The molecule has 2 aromatic heterocycles. The lowest BCUT2D eigenvalue weighted by Crippen LogP contribution is -2.39. The number of imidazole rings is 1. The maximum Gasteiger partial charge on any atom is 0.332 e. The Morgan fingerprint density at radius 1 is 1.04 bits per heavy atom. The molecule has 8 heteroatoms. The highest BCUT2D eigenvalue weighted by molar-refractivity contribution is 6.30. The second kappa shape index (κ2) is 8.65. The van der Waals surface area contributed by atoms with Crippen molar-refractivity contribution in [1.29, 1.82) is 0 Å². The summed E-state index contributed by atoms with van der Waals surface area (Å²) in [5.41, 5.74) is 0.898. The number of rotatable bonds is 8. The molecule has 7 nitrogen and oxygen atoms in total. The summed E-state index contributed by atoms with van der Waals surface area (Å²) in [6, 6.07) is 7.11. The van der Waals surface area contributed by atoms with Crippen molar-refractivity contribution in [3.8, 4) is 0 Å². The molecule has 0 bridgehead atoms. The van der Waals surface area contributed by atoms with E-state index in [1.807, 2.05) is 12.1 Å². The van der Waals surface area contributed by atoms with Gasteiger partial charge in [0.2, 0.25) is 5.95 Å². The van der Waals surface area contributed by atoms with E-state index in [0.29, 0.717) is 22.1 Å². The van der Waals surface area contributed by atoms with Crippen LogP contribution in [-0.2, 0) is 20.6 Å². The lowest BCUT2D eigenvalue weighted by Gasteiger charge is -2.09. The molecule has 150 valence electrons. The van der Waals surface area contributed by atoms with Crippen molar-refractivity contribution in [2.45, 2.75) is 39.2 Å². The topological polar surface area (TPSA) is 73.8 Å². The Kier molecular flexibility index (Phi) is 6.24. The van der Waals surface area contributed by atoms with Gasteiger partial charge in [0.15, 0.2) is 11.2 Å². The van der Waals surface area contributed by atoms with Crippen LogP contribution in [-0.4, -0.2) is 25.2 Å². The van der Waals surface area contributed by atoms with Gasteiger partial charge in [0.25, 0.3) is 5.56 Å². The molecule has 0 amide bonds. The van der Waals surface area contributed by atoms with E-state index in [2.05, 4.69) is 17.2 Å². The summed E-state index contributed by atoms with van der Waals surface area (Å²) in [7, 11) is 3.43. The minimum atomic E-state index is -0.389. The highest BCUT2D eigenvalue weighted by Gasteiger charge is 2.18. The van der Waals surface area contributed by atoms with Gasteiger partial charge in [-0.3, -0.25) is 13.9 Å². The van der Waals surface area contributed by atoms with Gasteiger partial charge in [-0.15, -0.1) is 0 Å². The molecular weight excluding hydrogens is 378 g/mol. The summed E-state index contributed by atoms with van der Waals surface area (Å²) < 4.78 is 4.39. The molecule has 0 unspecified atom stereocenters. The van der Waals surface area contributed by atoms with Gasteiger partial charge in [-0.1, -0.05) is 49.9 Å². The molecule has 1 N–H and O–H groups in total. The van der Waals surface area contributed by atoms with E-state index in [-0.39, 0.29) is 17.8 Å². The van der Waals surface area contributed by atoms with Crippen LogP contribution in [0.5, 0.6) is 0 Å². The summed E-state index contributed by atoms with van der Waals surface area (Å²) >= 11 is 5.92. The Labute approximate surface area is 168 Å². The number of nitrogens with zero attached hydrogens (tertiary/aromatic N) is 4. The van der Waals surface area contributed by atoms with E-state index in [4.69, 9.17) is 11.6 Å². The van der Waals surface area contributed by atoms with Crippen LogP contribution in [0.3, 0.4) is 0 Å². The highest BCUT2D eigenvalue weighted by Crippen LogP contribution is 2.14. The molecule has 0 saturated carbocycles. The third-order valence-electron chi connectivity index (χ3n) is 4.93. The van der Waals surface area contributed by atoms with Crippen molar-refractivity contribution >= 4 is 28.7 Å². The minimum absolute atomic E-state index is 0.184. The zero-order valence-corrected chi connectivity index (χ0v) is 17.3. The second-order valence-corrected chi connectivity index (χ2v) is 7.45. The van der Waals surface area contributed by atoms with E-state index in [0.717, 1.165) is 24.9 Å². The van der Waals surface area contributed by atoms with Crippen LogP contribution in [0.25, 0.3) is 11.2 Å². The van der Waals surface area contributed by atoms with Crippen molar-refractivity contribution < 1.29 is 0 Å². The molecule has 0 saturated heterocycles. The normalized spacial score (nSPS) is 11.3. The molecule has 0 atom stereocenters. The van der Waals surface area contributed by atoms with Crippen LogP contribution in [0.15, 0.2) is 33.9 Å². The Bertz CT molecular complexity index is 1080. The second-order valence-electron chi connectivity index (χ2n) is 7.01. The standard InChI is InChI=1S/C20H26ClN5O2/c1-4-5-6-7-12-22-19-23-17-16(24(19)2)18(27)26(20(28)25(17)3)13-14-8-10-15(21)11-9-14/h8-11H,4-7,12-13H2,1-3H3,(H,22,23). The zero-order valence-electron chi connectivity index (χ0n) is 16.5. The SMILES string of the molecule is CCCCCCNc1nc2c(c(=O)n(Cc3ccc(Cl)cc3)c(=O)n2C)n1C. The largest absolute Gasteiger partial charge is 0.356 e. The number of fused-ring (bicyclic) bond motifs is 1. The number of unbranched alkanes of at least 4 members (excludes halogenated alkanes) is 3. The number of nitrogens with one attached hydrogen (secondary N) is 1. The Morgan fingerprint density at radius 2 is 1.75 bits per heavy atom. The Balaban J connectivity index is 1.96. The van der Waals surface area contributed by atoms with Crippen molar-refractivity contribution in [2.75, 3.05) is 11.9 Å². The van der Waals surface area contributed by atoms with E-state index in [1.54, 1.807) is 30.8 Å². The van der Waals surface area contributed by atoms with E-state index in [1.165, 1.54) is 22.0 Å². The van der Waals surface area contributed by atoms with Crippen LogP contribution >= 0.6 is 11.6 Å². The van der Waals surface area contributed by atoms with Crippen molar-refractivity contribution in [3.05, 3.63) is 55.7 Å². The molecular formula is C20H26ClN5O2. The summed E-state index contributed by atoms with van der Waals surface area (Å²) in [6.07, 6.45) is 4.58. The molecule has 3 aromatic rings. The van der Waals surface area contributed by atoms with Crippen LogP contribution in [0.4, 0.5) is 5.95 Å². The summed E-state index contributed by atoms with van der Waals surface area (Å²) in [5, 5.41) is 3.90. The maximum atomic E-state index is 13.1. The van der Waals surface area contributed by atoms with Gasteiger partial charge in [0, 0.05) is 25.7 Å². The molecule has 0 spiro atoms. The van der Waals surface area contributed by atoms with Gasteiger partial charge in [-0.2, -0.15) is 4.98 Å². The maximum absolute atomic E-state index is 13.1. The number of anilines is 1. The van der Waals surface area contributed by atoms with Gasteiger partial charge in [0.1, 0.15) is 0 Å². The number of benzene rings is 1. The average molecular weight is 404 g/mol. The smallest absolute Gasteiger partial charge is 0.332 e. The highest BCUT2D eigenvalue weighted by atomic mass is 35.5. The zero-order chi connectivity index (χ0) is 20.3. The minimum Gasteiger partial charge on any atom is -0.356 e. The number of halogens is 1. The molecule has 0 aliphatic carbocycles. The molecule has 0 fully saturated rings. The molecule has 1 aromatic carbocycles. The predicted octanol–water partition coefficient (Wildman–Crippen LogP) is 3.13. The molecule has 0 radical (unpaired) electrons. The molecule has 0 aliphatic rings. The third kappa shape index (κ3) is 3.99. The van der Waals surface area contributed by atoms with Crippen LogP contribution in [0.2, 0.25) is 5.02 Å². The van der Waals surface area contributed by atoms with Gasteiger partial charge >= 0.3 is 5.69 Å². The van der Waals surface area contributed by atoms with Crippen LogP contribution in [0, 0.1) is 0 Å². The fourth-order valence-electron chi connectivity index (χ4n) is 3.27. The first-order valence-corrected chi connectivity index (χ1v) is 9.96. The fourth-order valence-corrected chi connectivity index (χ4v) is 3.39. The summed E-state index contributed by atoms with van der Waals surface area (Å²) in [5.74, 6) is 0.600. The van der Waals surface area contributed by atoms with Gasteiger partial charge < -0.3 is 9.88 Å². The Morgan fingerprint density at radius 3 is 2.43 bits per heavy atom. The molecule has 2 heterocycles. The summed E-state index contributed by atoms with van der Waals surface area (Å²) in [4.78, 5) is 30.3. The first-order chi connectivity index (χ1) is 13.4. The van der Waals surface area contributed by atoms with Crippen molar-refractivity contribution in [3.63, 3.8) is 0 Å². The molecule has 28 heavy (non-hydrogen) atoms. The van der Waals surface area contributed by atoms with E-state index >= 15 is 0 Å². The Hall–Kier alpha value is -2.54. The number of hydrogen-bond donors (Lipinski definition) is 1. The lowest BCUT2D eigenvalue weighted by molar-refractivity contribution is 0.655. The van der Waals surface area contributed by atoms with Crippen molar-refractivity contribution in [1.82, 2.24) is 18.7 Å². The fraction of sp³-hybridized carbons (Fsp3) is 0.450. The monoisotopic (exact) mass is 403 g/mol. The van der Waals surface area contributed by atoms with E-state index in [9.17, 15) is 9.59 Å². The van der Waals surface area contributed by atoms with Crippen molar-refractivity contribution in [2.24, 2.45) is 14.1 Å². The number of aryl methyl sites for hydroxylation is 2. The van der Waals surface area contributed by atoms with Crippen LogP contribution < -0.4 is 16.6 Å². The molecule has 3 rings (SSSR count). The van der Waals surface area contributed by atoms with Gasteiger partial charge in [-0.25, -0.2) is 4.79 Å². The number of aromatic nitrogens is 4. The van der Waals surface area contributed by atoms with E-state index < -0.39 is 0 Å². The number of hydrogen-bond acceptors (Lipinski definition) is 4. The quantitative estimate of drug-likeness (QED) is 0.586. The van der Waals surface area contributed by atoms with Gasteiger partial charge in [-0.05, 0) is 24.1 Å². The predicted molar refractivity (Wildman–Crippen MR) is 113 cm³/mol. The summed E-state index contributed by atoms with van der Waals surface area (Å²) in [6.45, 7) is 3.14. The van der Waals surface area contributed by atoms with Crippen LogP contribution in [0.1, 0.15) is 38.2 Å². The molecule has 0 aliphatic heterocycles.